The fraction of sp³-hybridized carbons (Fsp3) is 0.0889. The van der Waals surface area contributed by atoms with Gasteiger partial charge >= 0.3 is 0 Å². The summed E-state index contributed by atoms with van der Waals surface area (Å²) in [6.07, 6.45) is 0.975. The summed E-state index contributed by atoms with van der Waals surface area (Å²) in [6.45, 7) is 6.60. The fourth-order valence-electron chi connectivity index (χ4n) is 6.61. The van der Waals surface area contributed by atoms with Crippen molar-refractivity contribution in [3.63, 3.8) is 0 Å². The molecule has 0 fully saturated rings. The molecule has 0 saturated heterocycles. The Morgan fingerprint density at radius 1 is 0.435 bits per heavy atom. The van der Waals surface area contributed by atoms with Crippen molar-refractivity contribution in [3.8, 4) is 55.9 Å². The Morgan fingerprint density at radius 2 is 1.00 bits per heavy atom. The average molecular weight is 592 g/mol. The van der Waals surface area contributed by atoms with Crippen molar-refractivity contribution in [1.29, 1.82) is 0 Å². The quantitative estimate of drug-likeness (QED) is 0.198. The molecule has 8 rings (SSSR count). The largest absolute Gasteiger partial charge is 0.248 e. The smallest absolute Gasteiger partial charge is 0.0722 e. The molecule has 0 spiro atoms. The van der Waals surface area contributed by atoms with E-state index in [0.29, 0.717) is 0 Å². The molecule has 1 heteroatoms. The van der Waals surface area contributed by atoms with Crippen LogP contribution in [0.2, 0.25) is 0 Å². The lowest BCUT2D eigenvalue weighted by Crippen LogP contribution is -1.99. The van der Waals surface area contributed by atoms with Gasteiger partial charge in [-0.15, -0.1) is 0 Å². The number of rotatable bonds is 4. The maximum Gasteiger partial charge on any atom is 0.0722 e. The van der Waals surface area contributed by atoms with E-state index in [2.05, 4.69) is 160 Å². The molecule has 0 N–H and O–H groups in total. The first-order chi connectivity index (χ1) is 22.6. The molecule has 0 atom stereocenters. The van der Waals surface area contributed by atoms with E-state index in [0.717, 1.165) is 23.4 Å². The first kappa shape index (κ1) is 29.2. The van der Waals surface area contributed by atoms with Crippen LogP contribution in [0.1, 0.15) is 27.8 Å². The van der Waals surface area contributed by atoms with Crippen LogP contribution in [0.4, 0.5) is 0 Å². The summed E-state index contributed by atoms with van der Waals surface area (Å²) < 4.78 is 0. The van der Waals surface area contributed by atoms with E-state index in [1.54, 1.807) is 0 Å². The van der Waals surface area contributed by atoms with Crippen molar-refractivity contribution in [1.82, 2.24) is 4.98 Å². The van der Waals surface area contributed by atoms with Gasteiger partial charge in [-0.3, -0.25) is 0 Å². The number of aromatic nitrogens is 1. The summed E-state index contributed by atoms with van der Waals surface area (Å²) in [5, 5.41) is 0. The molecule has 1 aliphatic carbocycles. The monoisotopic (exact) mass is 591 g/mol. The predicted molar refractivity (Wildman–Crippen MR) is 195 cm³/mol. The molecule has 6 aromatic carbocycles. The molecule has 1 heterocycles. The van der Waals surface area contributed by atoms with E-state index in [1.165, 1.54) is 66.8 Å². The lowest BCUT2D eigenvalue weighted by molar-refractivity contribution is 1.21. The average Bonchev–Trinajstić information content (AvgIpc) is 3.49. The maximum atomic E-state index is 5.34. The molecule has 0 unspecified atom stereocenters. The number of fused-ring (bicyclic) bond motifs is 3. The minimum Gasteiger partial charge on any atom is -0.248 e. The van der Waals surface area contributed by atoms with Gasteiger partial charge in [-0.05, 0) is 101 Å². The Morgan fingerprint density at radius 3 is 1.65 bits per heavy atom. The second-order valence-electron chi connectivity index (χ2n) is 12.1. The molecule has 0 radical (unpaired) electrons. The summed E-state index contributed by atoms with van der Waals surface area (Å²) in [4.78, 5) is 5.34. The van der Waals surface area contributed by atoms with E-state index in [1.807, 2.05) is 18.2 Å². The third-order valence-corrected chi connectivity index (χ3v) is 9.02. The normalized spacial score (nSPS) is 11.3. The minimum absolute atomic E-state index is 0.975. The molecule has 1 nitrogen and oxygen atoms in total. The highest BCUT2D eigenvalue weighted by Gasteiger charge is 2.26. The summed E-state index contributed by atoms with van der Waals surface area (Å²) in [5.74, 6) is 0. The van der Waals surface area contributed by atoms with Crippen LogP contribution in [0.25, 0.3) is 55.9 Å². The zero-order valence-corrected chi connectivity index (χ0v) is 26.7. The van der Waals surface area contributed by atoms with Crippen molar-refractivity contribution in [3.05, 3.63) is 186 Å². The number of pyridine rings is 1. The van der Waals surface area contributed by atoms with Crippen molar-refractivity contribution >= 4 is 0 Å². The third kappa shape index (κ3) is 5.80. The van der Waals surface area contributed by atoms with Gasteiger partial charge < -0.3 is 0 Å². The lowest BCUT2D eigenvalue weighted by atomic mass is 9.85. The zero-order chi connectivity index (χ0) is 31.5. The van der Waals surface area contributed by atoms with Crippen LogP contribution in [-0.4, -0.2) is 4.98 Å². The van der Waals surface area contributed by atoms with Gasteiger partial charge in [0, 0.05) is 11.1 Å². The Balaban J connectivity index is 0.000000430. The molecule has 0 aliphatic heterocycles. The van der Waals surface area contributed by atoms with Crippen LogP contribution < -0.4 is 0 Å². The first-order valence-corrected chi connectivity index (χ1v) is 16.0. The fourth-order valence-corrected chi connectivity index (χ4v) is 6.61. The summed E-state index contributed by atoms with van der Waals surface area (Å²) in [6, 6.07) is 55.9. The highest BCUT2D eigenvalue weighted by atomic mass is 14.7. The standard InChI is InChI=1S/C38H29N.C7H8/c1-25-13-9-11-19-31(25)38-26(2)33-21-29-18-10-12-20-32(29)34(33)24-35(38)37-23-30(27-14-5-3-6-15-27)22-36(39-37)28-16-7-4-8-17-28;1-7-5-3-2-4-6-7/h3-20,22-24H,21H2,1-2H3;2-6H,1H3. The highest BCUT2D eigenvalue weighted by Crippen LogP contribution is 2.47. The van der Waals surface area contributed by atoms with Crippen LogP contribution in [0.3, 0.4) is 0 Å². The molecule has 222 valence electrons. The molecule has 0 saturated carbocycles. The van der Waals surface area contributed by atoms with Gasteiger partial charge in [-0.1, -0.05) is 145 Å². The Kier molecular flexibility index (Phi) is 8.14. The van der Waals surface area contributed by atoms with E-state index in [-0.39, 0.29) is 0 Å². The number of hydrogen-bond acceptors (Lipinski definition) is 1. The van der Waals surface area contributed by atoms with Gasteiger partial charge in [0.2, 0.25) is 0 Å². The number of nitrogens with zero attached hydrogens (tertiary/aromatic N) is 1. The highest BCUT2D eigenvalue weighted by molar-refractivity contribution is 5.94. The Hall–Kier alpha value is -5.53. The van der Waals surface area contributed by atoms with Gasteiger partial charge in [-0.25, -0.2) is 4.98 Å². The number of benzene rings is 6. The second-order valence-corrected chi connectivity index (χ2v) is 12.1. The maximum absolute atomic E-state index is 5.34. The van der Waals surface area contributed by atoms with Gasteiger partial charge in [-0.2, -0.15) is 0 Å². The molecule has 7 aromatic rings. The van der Waals surface area contributed by atoms with E-state index < -0.39 is 0 Å². The Labute approximate surface area is 272 Å². The molecule has 1 aromatic heterocycles. The molecule has 46 heavy (non-hydrogen) atoms. The van der Waals surface area contributed by atoms with E-state index >= 15 is 0 Å². The number of hydrogen-bond donors (Lipinski definition) is 0. The van der Waals surface area contributed by atoms with Gasteiger partial charge in [0.05, 0.1) is 11.4 Å². The molecular formula is C45H37N. The molecular weight excluding hydrogens is 555 g/mol. The van der Waals surface area contributed by atoms with Crippen molar-refractivity contribution in [2.75, 3.05) is 0 Å². The summed E-state index contributed by atoms with van der Waals surface area (Å²) in [5.41, 5.74) is 18.7. The summed E-state index contributed by atoms with van der Waals surface area (Å²) in [7, 11) is 0. The van der Waals surface area contributed by atoms with Crippen LogP contribution in [0, 0.1) is 20.8 Å². The summed E-state index contributed by atoms with van der Waals surface area (Å²) >= 11 is 0. The SMILES string of the molecule is Cc1ccccc1.Cc1ccccc1-c1c(-c2cc(-c3ccccc3)cc(-c3ccccc3)n2)cc2c(c1C)Cc1ccccc1-2. The molecule has 0 bridgehead atoms. The topological polar surface area (TPSA) is 12.9 Å². The van der Waals surface area contributed by atoms with Gasteiger partial charge in [0.1, 0.15) is 0 Å². The van der Waals surface area contributed by atoms with Crippen LogP contribution >= 0.6 is 0 Å². The Bertz CT molecular complexity index is 2070. The third-order valence-electron chi connectivity index (χ3n) is 9.02. The van der Waals surface area contributed by atoms with Crippen molar-refractivity contribution in [2.24, 2.45) is 0 Å². The molecule has 0 amide bonds. The molecule has 1 aliphatic rings. The van der Waals surface area contributed by atoms with E-state index in [9.17, 15) is 0 Å². The van der Waals surface area contributed by atoms with Crippen LogP contribution in [0.5, 0.6) is 0 Å². The van der Waals surface area contributed by atoms with Gasteiger partial charge in [0.15, 0.2) is 0 Å². The predicted octanol–water partition coefficient (Wildman–Crippen LogP) is 11.9. The van der Waals surface area contributed by atoms with Gasteiger partial charge in [0.25, 0.3) is 0 Å². The zero-order valence-electron chi connectivity index (χ0n) is 26.7. The minimum atomic E-state index is 0.975. The first-order valence-electron chi connectivity index (χ1n) is 16.0. The lowest BCUT2D eigenvalue weighted by Gasteiger charge is -2.20. The number of aryl methyl sites for hydroxylation is 2. The van der Waals surface area contributed by atoms with Crippen LogP contribution in [-0.2, 0) is 6.42 Å². The second kappa shape index (κ2) is 12.8. The van der Waals surface area contributed by atoms with Crippen LogP contribution in [0.15, 0.2) is 158 Å². The van der Waals surface area contributed by atoms with Crippen molar-refractivity contribution in [2.45, 2.75) is 27.2 Å². The van der Waals surface area contributed by atoms with E-state index in [4.69, 9.17) is 4.98 Å². The van der Waals surface area contributed by atoms with Crippen molar-refractivity contribution < 1.29 is 0 Å².